The molecule has 0 bridgehead atoms. The van der Waals surface area contributed by atoms with Crippen LogP contribution in [0.4, 0.5) is 0 Å². The van der Waals surface area contributed by atoms with Crippen LogP contribution in [0.25, 0.3) is 0 Å². The summed E-state index contributed by atoms with van der Waals surface area (Å²) in [6.07, 6.45) is 3.02. The standard InChI is InChI=1S/C16H26N6O5S/c1-8(2)13(16(26)27)22-12(23)5-19-15(25)11(3-9-4-18-7-20-9)21-14(24)10(17)6-28/h4,7-8,10-11,13,28H,3,5-6,17H2,1-2H3,(H,18,20)(H,19,25)(H,21,24)(H,22,23)(H,26,27). The van der Waals surface area contributed by atoms with E-state index in [9.17, 15) is 19.2 Å². The summed E-state index contributed by atoms with van der Waals surface area (Å²) in [6, 6.07) is -2.98. The van der Waals surface area contributed by atoms with Crippen molar-refractivity contribution in [2.24, 2.45) is 11.7 Å². The second-order valence-electron chi connectivity index (χ2n) is 6.48. The molecule has 0 fully saturated rings. The van der Waals surface area contributed by atoms with Crippen LogP contribution in [0.2, 0.25) is 0 Å². The summed E-state index contributed by atoms with van der Waals surface area (Å²) in [7, 11) is 0. The Morgan fingerprint density at radius 1 is 1.25 bits per heavy atom. The number of carbonyl (C=O) groups is 4. The van der Waals surface area contributed by atoms with Crippen molar-refractivity contribution in [3.8, 4) is 0 Å². The number of aromatic amines is 1. The van der Waals surface area contributed by atoms with Crippen LogP contribution in [-0.4, -0.2) is 69.2 Å². The summed E-state index contributed by atoms with van der Waals surface area (Å²) >= 11 is 3.95. The number of carboxylic acids is 1. The number of amides is 3. The molecule has 0 saturated carbocycles. The number of rotatable bonds is 11. The van der Waals surface area contributed by atoms with Crippen LogP contribution < -0.4 is 21.7 Å². The van der Waals surface area contributed by atoms with E-state index in [0.717, 1.165) is 0 Å². The first-order chi connectivity index (χ1) is 13.1. The van der Waals surface area contributed by atoms with Crippen LogP contribution in [0.15, 0.2) is 12.5 Å². The molecule has 0 radical (unpaired) electrons. The fourth-order valence-electron chi connectivity index (χ4n) is 2.22. The van der Waals surface area contributed by atoms with Crippen molar-refractivity contribution in [2.75, 3.05) is 12.3 Å². The highest BCUT2D eigenvalue weighted by atomic mass is 32.1. The number of hydrogen-bond donors (Lipinski definition) is 7. The van der Waals surface area contributed by atoms with Crippen molar-refractivity contribution in [1.82, 2.24) is 25.9 Å². The minimum absolute atomic E-state index is 0.0956. The van der Waals surface area contributed by atoms with E-state index >= 15 is 0 Å². The van der Waals surface area contributed by atoms with E-state index in [1.165, 1.54) is 12.5 Å². The molecule has 28 heavy (non-hydrogen) atoms. The highest BCUT2D eigenvalue weighted by Crippen LogP contribution is 2.02. The van der Waals surface area contributed by atoms with E-state index in [2.05, 4.69) is 38.5 Å². The first-order valence-corrected chi connectivity index (χ1v) is 9.22. The second-order valence-corrected chi connectivity index (χ2v) is 6.84. The Morgan fingerprint density at radius 2 is 1.93 bits per heavy atom. The van der Waals surface area contributed by atoms with Gasteiger partial charge in [0.25, 0.3) is 0 Å². The molecule has 0 aliphatic rings. The lowest BCUT2D eigenvalue weighted by Crippen LogP contribution is -2.54. The van der Waals surface area contributed by atoms with Gasteiger partial charge >= 0.3 is 5.97 Å². The van der Waals surface area contributed by atoms with Gasteiger partial charge < -0.3 is 31.8 Å². The van der Waals surface area contributed by atoms with Gasteiger partial charge in [0.2, 0.25) is 17.7 Å². The normalized spacial score (nSPS) is 14.0. The van der Waals surface area contributed by atoms with E-state index in [1.807, 2.05) is 0 Å². The fraction of sp³-hybridized carbons (Fsp3) is 0.562. The molecule has 11 nitrogen and oxygen atoms in total. The molecule has 1 rings (SSSR count). The predicted molar refractivity (Wildman–Crippen MR) is 103 cm³/mol. The highest BCUT2D eigenvalue weighted by molar-refractivity contribution is 7.80. The van der Waals surface area contributed by atoms with Gasteiger partial charge in [-0.2, -0.15) is 12.6 Å². The second kappa shape index (κ2) is 11.3. The number of nitrogens with one attached hydrogen (secondary N) is 4. The molecule has 156 valence electrons. The molecule has 3 unspecified atom stereocenters. The lowest BCUT2D eigenvalue weighted by molar-refractivity contribution is -0.143. The van der Waals surface area contributed by atoms with E-state index in [0.29, 0.717) is 5.69 Å². The van der Waals surface area contributed by atoms with Gasteiger partial charge in [0.05, 0.1) is 18.9 Å². The molecule has 0 aliphatic carbocycles. The number of H-pyrrole nitrogens is 1. The Bertz CT molecular complexity index is 681. The molecule has 0 aromatic carbocycles. The lowest BCUT2D eigenvalue weighted by atomic mass is 10.0. The summed E-state index contributed by atoms with van der Waals surface area (Å²) in [5, 5.41) is 16.3. The number of hydrogen-bond acceptors (Lipinski definition) is 7. The van der Waals surface area contributed by atoms with Crippen LogP contribution in [0.3, 0.4) is 0 Å². The van der Waals surface area contributed by atoms with Crippen molar-refractivity contribution in [1.29, 1.82) is 0 Å². The van der Waals surface area contributed by atoms with Crippen LogP contribution >= 0.6 is 12.6 Å². The van der Waals surface area contributed by atoms with Gasteiger partial charge in [-0.25, -0.2) is 9.78 Å². The lowest BCUT2D eigenvalue weighted by Gasteiger charge is -2.21. The molecule has 7 N–H and O–H groups in total. The monoisotopic (exact) mass is 414 g/mol. The van der Waals surface area contributed by atoms with Crippen LogP contribution in [-0.2, 0) is 25.6 Å². The van der Waals surface area contributed by atoms with E-state index < -0.39 is 48.4 Å². The Balaban J connectivity index is 2.70. The molecule has 0 saturated heterocycles. The van der Waals surface area contributed by atoms with Crippen LogP contribution in [0.5, 0.6) is 0 Å². The van der Waals surface area contributed by atoms with Crippen molar-refractivity contribution in [3.05, 3.63) is 18.2 Å². The zero-order valence-electron chi connectivity index (χ0n) is 15.6. The van der Waals surface area contributed by atoms with Gasteiger partial charge in [-0.3, -0.25) is 14.4 Å². The summed E-state index contributed by atoms with van der Waals surface area (Å²) in [6.45, 7) is 2.86. The number of aliphatic carboxylic acids is 1. The molecule has 3 amide bonds. The van der Waals surface area contributed by atoms with E-state index in [-0.39, 0.29) is 18.1 Å². The van der Waals surface area contributed by atoms with Gasteiger partial charge in [0.1, 0.15) is 12.1 Å². The maximum atomic E-state index is 12.5. The molecule has 3 atom stereocenters. The Kier molecular flexibility index (Phi) is 9.45. The maximum absolute atomic E-state index is 12.5. The predicted octanol–water partition coefficient (Wildman–Crippen LogP) is -1.96. The van der Waals surface area contributed by atoms with Gasteiger partial charge in [-0.15, -0.1) is 0 Å². The molecule has 1 aromatic heterocycles. The summed E-state index contributed by atoms with van der Waals surface area (Å²) in [5.41, 5.74) is 6.20. The number of imidazole rings is 1. The number of thiol groups is 1. The van der Waals surface area contributed by atoms with Crippen molar-refractivity contribution in [2.45, 2.75) is 38.4 Å². The maximum Gasteiger partial charge on any atom is 0.326 e. The first-order valence-electron chi connectivity index (χ1n) is 8.59. The summed E-state index contributed by atoms with van der Waals surface area (Å²) < 4.78 is 0. The number of carbonyl (C=O) groups excluding carboxylic acids is 3. The summed E-state index contributed by atoms with van der Waals surface area (Å²) in [4.78, 5) is 54.2. The van der Waals surface area contributed by atoms with E-state index in [1.54, 1.807) is 13.8 Å². The third kappa shape index (κ3) is 7.56. The van der Waals surface area contributed by atoms with E-state index in [4.69, 9.17) is 10.8 Å². The quantitative estimate of drug-likeness (QED) is 0.205. The minimum Gasteiger partial charge on any atom is -0.480 e. The average Bonchev–Trinajstić information content (AvgIpc) is 3.15. The number of nitrogens with zero attached hydrogens (tertiary/aromatic N) is 1. The zero-order valence-corrected chi connectivity index (χ0v) is 16.5. The van der Waals surface area contributed by atoms with Gasteiger partial charge in [-0.1, -0.05) is 13.8 Å². The molecular formula is C16H26N6O5S. The molecule has 12 heteroatoms. The first kappa shape index (κ1) is 23.4. The molecule has 1 heterocycles. The van der Waals surface area contributed by atoms with Crippen LogP contribution in [0.1, 0.15) is 19.5 Å². The van der Waals surface area contributed by atoms with Crippen LogP contribution in [0, 0.1) is 5.92 Å². The van der Waals surface area contributed by atoms with Crippen molar-refractivity contribution in [3.63, 3.8) is 0 Å². The minimum atomic E-state index is -1.17. The number of aromatic nitrogens is 2. The highest BCUT2D eigenvalue weighted by Gasteiger charge is 2.26. The molecule has 0 spiro atoms. The molecular weight excluding hydrogens is 388 g/mol. The fourth-order valence-corrected chi connectivity index (χ4v) is 2.38. The topological polar surface area (TPSA) is 179 Å². The molecule has 0 aliphatic heterocycles. The Morgan fingerprint density at radius 3 is 2.43 bits per heavy atom. The smallest absolute Gasteiger partial charge is 0.326 e. The van der Waals surface area contributed by atoms with Gasteiger partial charge in [-0.05, 0) is 5.92 Å². The number of nitrogens with two attached hydrogens (primary N) is 1. The van der Waals surface area contributed by atoms with Gasteiger partial charge in [0.15, 0.2) is 0 Å². The van der Waals surface area contributed by atoms with Gasteiger partial charge in [0, 0.05) is 24.1 Å². The Hall–Kier alpha value is -2.60. The van der Waals surface area contributed by atoms with Crippen molar-refractivity contribution >= 4 is 36.3 Å². The Labute approximate surface area is 167 Å². The van der Waals surface area contributed by atoms with Crippen molar-refractivity contribution < 1.29 is 24.3 Å². The number of carboxylic acid groups (broad SMARTS) is 1. The third-order valence-corrected chi connectivity index (χ3v) is 4.21. The average molecular weight is 414 g/mol. The molecule has 1 aromatic rings. The SMILES string of the molecule is CC(C)C(NC(=O)CNC(=O)C(Cc1cnc[nH]1)NC(=O)C(N)CS)C(=O)O. The third-order valence-electron chi connectivity index (χ3n) is 3.82. The largest absolute Gasteiger partial charge is 0.480 e. The summed E-state index contributed by atoms with van der Waals surface area (Å²) in [5.74, 6) is -3.25. The zero-order chi connectivity index (χ0) is 21.3.